The van der Waals surface area contributed by atoms with Crippen LogP contribution in [0.4, 0.5) is 5.69 Å². The first-order valence-corrected chi connectivity index (χ1v) is 8.35. The van der Waals surface area contributed by atoms with Gasteiger partial charge in [0.2, 0.25) is 5.91 Å². The molecule has 4 heteroatoms. The smallest absolute Gasteiger partial charge is 0.233 e. The van der Waals surface area contributed by atoms with E-state index < -0.39 is 11.8 Å². The number of fused-ring (bicyclic) bond motifs is 2. The van der Waals surface area contributed by atoms with Crippen molar-refractivity contribution in [2.24, 2.45) is 23.7 Å². The molecule has 22 heavy (non-hydrogen) atoms. The van der Waals surface area contributed by atoms with Gasteiger partial charge in [0.25, 0.3) is 0 Å². The van der Waals surface area contributed by atoms with Gasteiger partial charge in [0, 0.05) is 11.6 Å². The van der Waals surface area contributed by atoms with Crippen LogP contribution >= 0.6 is 0 Å². The lowest BCUT2D eigenvalue weighted by Crippen LogP contribution is -2.51. The first-order valence-electron chi connectivity index (χ1n) is 8.35. The Bertz CT molecular complexity index is 674. The summed E-state index contributed by atoms with van der Waals surface area (Å²) in [6, 6.07) is 8.04. The van der Waals surface area contributed by atoms with E-state index in [1.165, 1.54) is 0 Å². The number of rotatable bonds is 2. The summed E-state index contributed by atoms with van der Waals surface area (Å²) < 4.78 is 6.43. The van der Waals surface area contributed by atoms with E-state index in [-0.39, 0.29) is 29.8 Å². The van der Waals surface area contributed by atoms with Crippen LogP contribution in [0.15, 0.2) is 24.3 Å². The van der Waals surface area contributed by atoms with Crippen LogP contribution in [-0.4, -0.2) is 28.9 Å². The zero-order valence-corrected chi connectivity index (χ0v) is 12.9. The Labute approximate surface area is 130 Å². The van der Waals surface area contributed by atoms with Crippen molar-refractivity contribution in [1.29, 1.82) is 0 Å². The monoisotopic (exact) mass is 299 g/mol. The van der Waals surface area contributed by atoms with Crippen molar-refractivity contribution in [3.63, 3.8) is 0 Å². The van der Waals surface area contributed by atoms with Crippen LogP contribution in [0, 0.1) is 30.6 Å². The summed E-state index contributed by atoms with van der Waals surface area (Å²) in [5.74, 6) is 0.796. The molecule has 4 aliphatic rings. The molecule has 1 N–H and O–H groups in total. The van der Waals surface area contributed by atoms with Crippen LogP contribution in [-0.2, 0) is 9.53 Å². The molecule has 0 unspecified atom stereocenters. The van der Waals surface area contributed by atoms with Crippen molar-refractivity contribution in [1.82, 2.24) is 0 Å². The van der Waals surface area contributed by atoms with E-state index in [4.69, 9.17) is 4.74 Å². The van der Waals surface area contributed by atoms with Crippen LogP contribution in [0.5, 0.6) is 0 Å². The molecule has 0 radical (unpaired) electrons. The number of carbonyl (C=O) groups is 1. The maximum atomic E-state index is 13.2. The van der Waals surface area contributed by atoms with Crippen molar-refractivity contribution in [3.8, 4) is 0 Å². The van der Waals surface area contributed by atoms with Gasteiger partial charge in [-0.15, -0.1) is 0 Å². The second-order valence-corrected chi connectivity index (χ2v) is 7.35. The van der Waals surface area contributed by atoms with Crippen LogP contribution < -0.4 is 4.90 Å². The quantitative estimate of drug-likeness (QED) is 0.910. The Morgan fingerprint density at radius 3 is 2.86 bits per heavy atom. The van der Waals surface area contributed by atoms with E-state index >= 15 is 0 Å². The van der Waals surface area contributed by atoms with Gasteiger partial charge in [-0.3, -0.25) is 9.69 Å². The van der Waals surface area contributed by atoms with E-state index in [9.17, 15) is 9.90 Å². The molecule has 1 aromatic carbocycles. The SMILES string of the molecule is CC[C@]12O[C@@H]3[C@H](O)[C@H]4C[C@H]3[C@@H]1[C@@H]4C(=O)N2c1ccccc1C. The predicted octanol–water partition coefficient (Wildman–Crippen LogP) is 2.09. The third-order valence-electron chi connectivity index (χ3n) is 6.66. The number of amides is 1. The fourth-order valence-electron chi connectivity index (χ4n) is 5.90. The second-order valence-electron chi connectivity index (χ2n) is 7.35. The highest BCUT2D eigenvalue weighted by molar-refractivity contribution is 6.01. The zero-order valence-electron chi connectivity index (χ0n) is 12.9. The number of ether oxygens (including phenoxy) is 1. The summed E-state index contributed by atoms with van der Waals surface area (Å²) in [7, 11) is 0. The molecular weight excluding hydrogens is 278 g/mol. The molecule has 116 valence electrons. The summed E-state index contributed by atoms with van der Waals surface area (Å²) in [5, 5.41) is 10.5. The zero-order chi connectivity index (χ0) is 15.2. The van der Waals surface area contributed by atoms with Gasteiger partial charge in [0.05, 0.1) is 18.1 Å². The molecule has 0 aromatic heterocycles. The molecule has 2 aliphatic carbocycles. The first kappa shape index (κ1) is 13.1. The summed E-state index contributed by atoms with van der Waals surface area (Å²) >= 11 is 0. The normalized spacial score (nSPS) is 47.8. The topological polar surface area (TPSA) is 49.8 Å². The molecule has 2 saturated heterocycles. The standard InChI is InChI=1S/C18H21NO3/c1-3-18-14-11-8-10(15(20)16(11)22-18)13(14)17(21)19(18)12-7-5-4-6-9(12)2/h4-7,10-11,13-16,20H,3,8H2,1-2H3/t10-,11-,13+,14+,15+,16-,18-/m0/s1. The fourth-order valence-corrected chi connectivity index (χ4v) is 5.90. The van der Waals surface area contributed by atoms with Gasteiger partial charge in [-0.2, -0.15) is 0 Å². The van der Waals surface area contributed by atoms with Crippen LogP contribution in [0.2, 0.25) is 0 Å². The lowest BCUT2D eigenvalue weighted by molar-refractivity contribution is -0.133. The maximum Gasteiger partial charge on any atom is 0.233 e. The summed E-state index contributed by atoms with van der Waals surface area (Å²) in [6.07, 6.45) is 1.20. The Hall–Kier alpha value is -1.39. The van der Waals surface area contributed by atoms with Crippen molar-refractivity contribution in [3.05, 3.63) is 29.8 Å². The highest BCUT2D eigenvalue weighted by Gasteiger charge is 2.78. The molecule has 4 fully saturated rings. The van der Waals surface area contributed by atoms with Crippen LogP contribution in [0.3, 0.4) is 0 Å². The number of benzene rings is 1. The van der Waals surface area contributed by atoms with Gasteiger partial charge >= 0.3 is 0 Å². The summed E-state index contributed by atoms with van der Waals surface area (Å²) in [6.45, 7) is 4.15. The second kappa shape index (κ2) is 3.92. The third kappa shape index (κ3) is 1.19. The van der Waals surface area contributed by atoms with Crippen molar-refractivity contribution in [2.75, 3.05) is 4.90 Å². The maximum absolute atomic E-state index is 13.2. The van der Waals surface area contributed by atoms with E-state index in [2.05, 4.69) is 6.92 Å². The van der Waals surface area contributed by atoms with Gasteiger partial charge in [-0.25, -0.2) is 0 Å². The minimum absolute atomic E-state index is 0.0571. The predicted molar refractivity (Wildman–Crippen MR) is 81.1 cm³/mol. The van der Waals surface area contributed by atoms with E-state index in [0.29, 0.717) is 5.92 Å². The number of hydrogen-bond acceptors (Lipinski definition) is 3. The Morgan fingerprint density at radius 2 is 2.14 bits per heavy atom. The molecule has 2 bridgehead atoms. The average molecular weight is 299 g/mol. The lowest BCUT2D eigenvalue weighted by Gasteiger charge is -2.39. The average Bonchev–Trinajstić information content (AvgIpc) is 3.17. The highest BCUT2D eigenvalue weighted by atomic mass is 16.6. The molecular formula is C18H21NO3. The minimum Gasteiger partial charge on any atom is -0.390 e. The number of nitrogens with zero attached hydrogens (tertiary/aromatic N) is 1. The molecule has 7 atom stereocenters. The van der Waals surface area contributed by atoms with Crippen LogP contribution in [0.1, 0.15) is 25.3 Å². The molecule has 5 rings (SSSR count). The minimum atomic E-state index is -0.546. The number of aliphatic hydroxyl groups is 1. The molecule has 2 saturated carbocycles. The van der Waals surface area contributed by atoms with Gasteiger partial charge in [-0.05, 0) is 43.2 Å². The third-order valence-corrected chi connectivity index (χ3v) is 6.66. The molecule has 2 heterocycles. The number of aliphatic hydroxyl groups excluding tert-OH is 1. The molecule has 2 aliphatic heterocycles. The van der Waals surface area contributed by atoms with Gasteiger partial charge < -0.3 is 9.84 Å². The van der Waals surface area contributed by atoms with Crippen LogP contribution in [0.25, 0.3) is 0 Å². The molecule has 4 nitrogen and oxygen atoms in total. The van der Waals surface area contributed by atoms with E-state index in [0.717, 1.165) is 24.1 Å². The first-order chi connectivity index (χ1) is 10.6. The summed E-state index contributed by atoms with van der Waals surface area (Å²) in [4.78, 5) is 15.1. The largest absolute Gasteiger partial charge is 0.390 e. The molecule has 1 amide bonds. The molecule has 1 aromatic rings. The Kier molecular flexibility index (Phi) is 2.33. The Balaban J connectivity index is 1.70. The number of hydrogen-bond donors (Lipinski definition) is 1. The lowest BCUT2D eigenvalue weighted by atomic mass is 9.76. The van der Waals surface area contributed by atoms with Gasteiger partial charge in [0.1, 0.15) is 0 Å². The fraction of sp³-hybridized carbons (Fsp3) is 0.611. The number of aryl methyl sites for hydroxylation is 1. The summed E-state index contributed by atoms with van der Waals surface area (Å²) in [5.41, 5.74) is 1.53. The number of para-hydroxylation sites is 1. The van der Waals surface area contributed by atoms with E-state index in [1.54, 1.807) is 0 Å². The number of anilines is 1. The van der Waals surface area contributed by atoms with Gasteiger partial charge in [-0.1, -0.05) is 25.1 Å². The van der Waals surface area contributed by atoms with Crippen molar-refractivity contribution in [2.45, 2.75) is 44.6 Å². The molecule has 0 spiro atoms. The number of carbonyl (C=O) groups excluding carboxylic acids is 1. The van der Waals surface area contributed by atoms with Crippen molar-refractivity contribution >= 4 is 11.6 Å². The van der Waals surface area contributed by atoms with Gasteiger partial charge in [0.15, 0.2) is 5.72 Å². The highest BCUT2D eigenvalue weighted by Crippen LogP contribution is 2.68. The Morgan fingerprint density at radius 1 is 1.36 bits per heavy atom. The van der Waals surface area contributed by atoms with E-state index in [1.807, 2.05) is 36.1 Å². The van der Waals surface area contributed by atoms with Crippen molar-refractivity contribution < 1.29 is 14.6 Å².